The highest BCUT2D eigenvalue weighted by Crippen LogP contribution is 1.93. The molecule has 15 heavy (non-hydrogen) atoms. The fourth-order valence-corrected chi connectivity index (χ4v) is 0.574. The van der Waals surface area contributed by atoms with E-state index in [1.165, 1.54) is 0 Å². The summed E-state index contributed by atoms with van der Waals surface area (Å²) in [5.41, 5.74) is 20.5. The summed E-state index contributed by atoms with van der Waals surface area (Å²) in [6, 6.07) is 0. The van der Waals surface area contributed by atoms with E-state index in [-0.39, 0.29) is 0 Å². The van der Waals surface area contributed by atoms with Gasteiger partial charge in [0.1, 0.15) is 0 Å². The Hall–Kier alpha value is -0.200. The Morgan fingerprint density at radius 1 is 0.933 bits per heavy atom. The molecule has 0 aliphatic carbocycles. The predicted octanol–water partition coefficient (Wildman–Crippen LogP) is -0.593. The van der Waals surface area contributed by atoms with Crippen molar-refractivity contribution in [3.05, 3.63) is 0 Å². The van der Waals surface area contributed by atoms with E-state index in [4.69, 9.17) is 22.9 Å². The van der Waals surface area contributed by atoms with E-state index in [1.54, 1.807) is 0 Å². The molecule has 0 aliphatic heterocycles. The highest BCUT2D eigenvalue weighted by Gasteiger charge is 1.96. The van der Waals surface area contributed by atoms with Crippen molar-refractivity contribution in [2.75, 3.05) is 32.8 Å². The van der Waals surface area contributed by atoms with Gasteiger partial charge in [-0.05, 0) is 32.1 Å². The van der Waals surface area contributed by atoms with Crippen molar-refractivity contribution in [3.63, 3.8) is 0 Å². The first kappa shape index (κ1) is 20.2. The van der Waals surface area contributed by atoms with Crippen LogP contribution in [0.25, 0.3) is 0 Å². The summed E-state index contributed by atoms with van der Waals surface area (Å²) in [7, 11) is 0. The minimum atomic E-state index is 0.542. The van der Waals surface area contributed by atoms with Crippen LogP contribution in [0, 0.1) is 5.92 Å². The smallest absolute Gasteiger partial charge is 0.0428 e. The predicted molar refractivity (Wildman–Crippen MR) is 69.3 cm³/mol. The molecular formula is C10H31N5. The SMILES string of the molecule is CCC(CN)CN.CCN.CCNCN. The molecule has 0 heterocycles. The topological polar surface area (TPSA) is 116 Å². The minimum Gasteiger partial charge on any atom is -0.331 e. The van der Waals surface area contributed by atoms with Crippen molar-refractivity contribution < 1.29 is 0 Å². The summed E-state index contributed by atoms with van der Waals surface area (Å²) in [4.78, 5) is 0. The van der Waals surface area contributed by atoms with Gasteiger partial charge in [-0.3, -0.25) is 0 Å². The van der Waals surface area contributed by atoms with Crippen molar-refractivity contribution in [3.8, 4) is 0 Å². The van der Waals surface area contributed by atoms with E-state index in [2.05, 4.69) is 12.2 Å². The largest absolute Gasteiger partial charge is 0.331 e. The molecule has 96 valence electrons. The average Bonchev–Trinajstić information content (AvgIpc) is 2.24. The lowest BCUT2D eigenvalue weighted by Crippen LogP contribution is -2.21. The Kier molecular flexibility index (Phi) is 31.8. The number of nitrogens with two attached hydrogens (primary N) is 4. The standard InChI is InChI=1S/C5H14N2.C3H10N2.C2H7N/c1-2-5(3-6)4-7;1-2-5-3-4;1-2-3/h5H,2-4,6-7H2,1H3;5H,2-4H2,1H3;2-3H2,1H3. The second kappa shape index (κ2) is 23.5. The second-order valence-corrected chi connectivity index (χ2v) is 2.96. The molecule has 0 spiro atoms. The van der Waals surface area contributed by atoms with Gasteiger partial charge < -0.3 is 28.3 Å². The molecule has 9 N–H and O–H groups in total. The third kappa shape index (κ3) is 31.6. The molecular weight excluding hydrogens is 190 g/mol. The fraction of sp³-hybridized carbons (Fsp3) is 1.00. The first-order valence-corrected chi connectivity index (χ1v) is 5.69. The number of hydrogen-bond acceptors (Lipinski definition) is 5. The van der Waals surface area contributed by atoms with Gasteiger partial charge in [-0.25, -0.2) is 0 Å². The van der Waals surface area contributed by atoms with Crippen LogP contribution in [0.2, 0.25) is 0 Å². The van der Waals surface area contributed by atoms with Crippen LogP contribution in [0.1, 0.15) is 27.2 Å². The average molecular weight is 221 g/mol. The lowest BCUT2D eigenvalue weighted by atomic mass is 10.1. The highest BCUT2D eigenvalue weighted by atomic mass is 14.9. The molecule has 0 radical (unpaired) electrons. The van der Waals surface area contributed by atoms with E-state index in [1.807, 2.05) is 13.8 Å². The first-order valence-electron chi connectivity index (χ1n) is 5.69. The van der Waals surface area contributed by atoms with Gasteiger partial charge in [0.05, 0.1) is 0 Å². The molecule has 5 heteroatoms. The summed E-state index contributed by atoms with van der Waals surface area (Å²) in [5.74, 6) is 0.542. The van der Waals surface area contributed by atoms with Gasteiger partial charge in [-0.15, -0.1) is 0 Å². The lowest BCUT2D eigenvalue weighted by Gasteiger charge is -2.05. The summed E-state index contributed by atoms with van der Waals surface area (Å²) in [6.45, 7) is 9.80. The van der Waals surface area contributed by atoms with Crippen LogP contribution in [0.5, 0.6) is 0 Å². The first-order chi connectivity index (χ1) is 7.17. The Morgan fingerprint density at radius 3 is 1.33 bits per heavy atom. The van der Waals surface area contributed by atoms with Crippen molar-refractivity contribution >= 4 is 0 Å². The third-order valence-corrected chi connectivity index (χ3v) is 1.64. The Labute approximate surface area is 94.9 Å². The van der Waals surface area contributed by atoms with Gasteiger partial charge in [0.2, 0.25) is 0 Å². The summed E-state index contributed by atoms with van der Waals surface area (Å²) < 4.78 is 0. The summed E-state index contributed by atoms with van der Waals surface area (Å²) >= 11 is 0. The zero-order valence-electron chi connectivity index (χ0n) is 10.6. The van der Waals surface area contributed by atoms with Gasteiger partial charge in [0, 0.05) is 6.67 Å². The molecule has 0 aliphatic rings. The number of hydrogen-bond donors (Lipinski definition) is 5. The maximum Gasteiger partial charge on any atom is 0.0428 e. The third-order valence-electron chi connectivity index (χ3n) is 1.64. The van der Waals surface area contributed by atoms with Gasteiger partial charge >= 0.3 is 0 Å². The van der Waals surface area contributed by atoms with Gasteiger partial charge in [0.25, 0.3) is 0 Å². The van der Waals surface area contributed by atoms with Crippen molar-refractivity contribution in [1.29, 1.82) is 0 Å². The van der Waals surface area contributed by atoms with Gasteiger partial charge in [-0.2, -0.15) is 0 Å². The van der Waals surface area contributed by atoms with Crippen LogP contribution in [-0.2, 0) is 0 Å². The summed E-state index contributed by atoms with van der Waals surface area (Å²) in [6.07, 6.45) is 1.10. The van der Waals surface area contributed by atoms with Crippen molar-refractivity contribution in [1.82, 2.24) is 5.32 Å². The maximum absolute atomic E-state index is 5.31. The minimum absolute atomic E-state index is 0.542. The van der Waals surface area contributed by atoms with Crippen LogP contribution in [0.15, 0.2) is 0 Å². The van der Waals surface area contributed by atoms with E-state index in [0.29, 0.717) is 12.6 Å². The van der Waals surface area contributed by atoms with E-state index >= 15 is 0 Å². The van der Waals surface area contributed by atoms with Crippen LogP contribution in [0.3, 0.4) is 0 Å². The molecule has 0 fully saturated rings. The fourth-order valence-electron chi connectivity index (χ4n) is 0.574. The van der Waals surface area contributed by atoms with E-state index < -0.39 is 0 Å². The zero-order valence-corrected chi connectivity index (χ0v) is 10.6. The van der Waals surface area contributed by atoms with Crippen molar-refractivity contribution in [2.45, 2.75) is 27.2 Å². The Balaban J connectivity index is -0.000000158. The van der Waals surface area contributed by atoms with Crippen LogP contribution in [0.4, 0.5) is 0 Å². The number of nitrogens with one attached hydrogen (secondary N) is 1. The molecule has 0 bridgehead atoms. The quantitative estimate of drug-likeness (QED) is 0.398. The normalized spacial score (nSPS) is 8.80. The monoisotopic (exact) mass is 221 g/mol. The van der Waals surface area contributed by atoms with Crippen LogP contribution in [-0.4, -0.2) is 32.8 Å². The zero-order chi connectivity index (χ0) is 12.5. The van der Waals surface area contributed by atoms with Crippen LogP contribution < -0.4 is 28.3 Å². The second-order valence-electron chi connectivity index (χ2n) is 2.96. The molecule has 0 rings (SSSR count). The number of rotatable bonds is 5. The Bertz CT molecular complexity index is 68.7. The van der Waals surface area contributed by atoms with Gasteiger partial charge in [-0.1, -0.05) is 27.2 Å². The molecule has 0 aromatic heterocycles. The lowest BCUT2D eigenvalue weighted by molar-refractivity contribution is 0.533. The van der Waals surface area contributed by atoms with E-state index in [0.717, 1.165) is 32.6 Å². The molecule has 0 saturated carbocycles. The van der Waals surface area contributed by atoms with Crippen LogP contribution >= 0.6 is 0 Å². The molecule has 0 unspecified atom stereocenters. The molecule has 0 saturated heterocycles. The van der Waals surface area contributed by atoms with Crippen molar-refractivity contribution in [2.24, 2.45) is 28.9 Å². The van der Waals surface area contributed by atoms with Gasteiger partial charge in [0.15, 0.2) is 0 Å². The Morgan fingerprint density at radius 2 is 1.33 bits per heavy atom. The highest BCUT2D eigenvalue weighted by molar-refractivity contribution is 4.55. The molecule has 0 aromatic carbocycles. The molecule has 0 aromatic rings. The summed E-state index contributed by atoms with van der Waals surface area (Å²) in [5, 5.41) is 2.89. The molecule has 0 amide bonds. The molecule has 5 nitrogen and oxygen atoms in total. The molecule has 0 atom stereocenters. The van der Waals surface area contributed by atoms with E-state index in [9.17, 15) is 0 Å². The maximum atomic E-state index is 5.31.